The van der Waals surface area contributed by atoms with Crippen molar-refractivity contribution in [2.24, 2.45) is 0 Å². The van der Waals surface area contributed by atoms with Crippen LogP contribution >= 0.6 is 0 Å². The predicted octanol–water partition coefficient (Wildman–Crippen LogP) is 1.87. The molecule has 24 heavy (non-hydrogen) atoms. The Morgan fingerprint density at radius 1 is 1.25 bits per heavy atom. The van der Waals surface area contributed by atoms with Gasteiger partial charge in [-0.3, -0.25) is 14.9 Å². The van der Waals surface area contributed by atoms with Crippen LogP contribution in [0.15, 0.2) is 54.9 Å². The zero-order valence-electron chi connectivity index (χ0n) is 13.1. The minimum atomic E-state index is -0.660. The molecule has 2 N–H and O–H groups in total. The van der Waals surface area contributed by atoms with Gasteiger partial charge in [-0.25, -0.2) is 4.98 Å². The Morgan fingerprint density at radius 3 is 2.79 bits per heavy atom. The maximum atomic E-state index is 12.3. The van der Waals surface area contributed by atoms with Gasteiger partial charge in [-0.2, -0.15) is 5.10 Å². The Balaban J connectivity index is 1.63. The molecule has 1 aromatic carbocycles. The topological polar surface area (TPSA) is 92.8 Å². The van der Waals surface area contributed by atoms with Gasteiger partial charge in [0.05, 0.1) is 6.54 Å². The summed E-state index contributed by atoms with van der Waals surface area (Å²) in [6, 6.07) is 13.0. The van der Waals surface area contributed by atoms with Crippen LogP contribution in [0.3, 0.4) is 0 Å². The summed E-state index contributed by atoms with van der Waals surface area (Å²) in [5.41, 5.74) is 1.61. The van der Waals surface area contributed by atoms with Gasteiger partial charge < -0.3 is 10.1 Å². The summed E-state index contributed by atoms with van der Waals surface area (Å²) in [6.45, 7) is 0.235. The van der Waals surface area contributed by atoms with Crippen LogP contribution < -0.4 is 5.32 Å². The number of hydrogen-bond acceptors (Lipinski definition) is 5. The van der Waals surface area contributed by atoms with Crippen molar-refractivity contribution in [2.75, 3.05) is 7.11 Å². The molecule has 0 fully saturated rings. The second-order valence-electron chi connectivity index (χ2n) is 5.09. The lowest BCUT2D eigenvalue weighted by molar-refractivity contribution is -0.131. The summed E-state index contributed by atoms with van der Waals surface area (Å²) >= 11 is 0. The third-order valence-electron chi connectivity index (χ3n) is 3.46. The number of benzene rings is 1. The van der Waals surface area contributed by atoms with E-state index in [1.165, 1.54) is 7.11 Å². The highest BCUT2D eigenvalue weighted by molar-refractivity contribution is 5.82. The van der Waals surface area contributed by atoms with Crippen LogP contribution in [-0.4, -0.2) is 33.2 Å². The molecule has 0 bridgehead atoms. The summed E-state index contributed by atoms with van der Waals surface area (Å²) < 4.78 is 5.29. The third kappa shape index (κ3) is 3.64. The van der Waals surface area contributed by atoms with E-state index in [2.05, 4.69) is 25.5 Å². The first kappa shape index (κ1) is 15.8. The number of rotatable bonds is 6. The van der Waals surface area contributed by atoms with Crippen molar-refractivity contribution in [3.05, 3.63) is 66.2 Å². The molecule has 0 saturated carbocycles. The van der Waals surface area contributed by atoms with Gasteiger partial charge in [0.2, 0.25) is 0 Å². The van der Waals surface area contributed by atoms with E-state index in [1.54, 1.807) is 12.4 Å². The van der Waals surface area contributed by atoms with Gasteiger partial charge in [0.25, 0.3) is 5.91 Å². The average molecular weight is 323 g/mol. The van der Waals surface area contributed by atoms with Crippen LogP contribution in [0, 0.1) is 0 Å². The summed E-state index contributed by atoms with van der Waals surface area (Å²) in [5.74, 6) is 0.867. The highest BCUT2D eigenvalue weighted by atomic mass is 16.5. The van der Waals surface area contributed by atoms with Crippen LogP contribution in [0.4, 0.5) is 0 Å². The van der Waals surface area contributed by atoms with E-state index in [4.69, 9.17) is 4.74 Å². The molecule has 0 spiro atoms. The number of nitrogens with one attached hydrogen (secondary N) is 2. The summed E-state index contributed by atoms with van der Waals surface area (Å²) in [5, 5.41) is 9.74. The molecular formula is C17H17N5O2. The van der Waals surface area contributed by atoms with Crippen molar-refractivity contribution in [1.82, 2.24) is 25.5 Å². The number of aromatic amines is 1. The Labute approximate surface area is 139 Å². The second-order valence-corrected chi connectivity index (χ2v) is 5.09. The maximum absolute atomic E-state index is 12.3. The van der Waals surface area contributed by atoms with E-state index in [-0.39, 0.29) is 12.5 Å². The minimum absolute atomic E-state index is 0.233. The number of aromatic nitrogens is 4. The van der Waals surface area contributed by atoms with E-state index in [0.29, 0.717) is 11.6 Å². The van der Waals surface area contributed by atoms with Gasteiger partial charge in [-0.05, 0) is 17.7 Å². The van der Waals surface area contributed by atoms with Gasteiger partial charge in [0.15, 0.2) is 11.9 Å². The first-order chi connectivity index (χ1) is 11.8. The monoisotopic (exact) mass is 323 g/mol. The Bertz CT molecular complexity index is 789. The lowest BCUT2D eigenvalue weighted by Gasteiger charge is -2.14. The van der Waals surface area contributed by atoms with E-state index >= 15 is 0 Å². The molecule has 0 aliphatic rings. The molecule has 2 aromatic heterocycles. The normalized spacial score (nSPS) is 11.9. The van der Waals surface area contributed by atoms with Crippen LogP contribution in [0.2, 0.25) is 0 Å². The largest absolute Gasteiger partial charge is 0.367 e. The molecule has 0 saturated heterocycles. The smallest absolute Gasteiger partial charge is 0.254 e. The highest BCUT2D eigenvalue weighted by Gasteiger charge is 2.19. The third-order valence-corrected chi connectivity index (χ3v) is 3.46. The van der Waals surface area contributed by atoms with Crippen LogP contribution in [0.5, 0.6) is 0 Å². The van der Waals surface area contributed by atoms with Gasteiger partial charge in [0.1, 0.15) is 5.82 Å². The van der Waals surface area contributed by atoms with Crippen LogP contribution in [0.1, 0.15) is 17.5 Å². The molecule has 1 atom stereocenters. The molecule has 0 radical (unpaired) electrons. The molecule has 3 aromatic rings. The fourth-order valence-corrected chi connectivity index (χ4v) is 2.28. The molecule has 7 heteroatoms. The lowest BCUT2D eigenvalue weighted by atomic mass is 10.1. The molecule has 0 aliphatic carbocycles. The fourth-order valence-electron chi connectivity index (χ4n) is 2.28. The second kappa shape index (κ2) is 7.47. The molecule has 0 aliphatic heterocycles. The molecular weight excluding hydrogens is 306 g/mol. The van der Waals surface area contributed by atoms with E-state index < -0.39 is 6.10 Å². The molecule has 0 unspecified atom stereocenters. The van der Waals surface area contributed by atoms with Crippen molar-refractivity contribution in [1.29, 1.82) is 0 Å². The van der Waals surface area contributed by atoms with Crippen molar-refractivity contribution >= 4 is 5.91 Å². The van der Waals surface area contributed by atoms with Crippen molar-refractivity contribution < 1.29 is 9.53 Å². The quantitative estimate of drug-likeness (QED) is 0.722. The Kier molecular flexibility index (Phi) is 4.93. The molecule has 7 nitrogen and oxygen atoms in total. The van der Waals surface area contributed by atoms with Gasteiger partial charge in [0, 0.05) is 25.1 Å². The van der Waals surface area contributed by atoms with E-state index in [1.807, 2.05) is 42.5 Å². The molecule has 122 valence electrons. The SMILES string of the molecule is CO[C@@H](C(=O)NCc1nc(-c2cccnc2)n[nH]1)c1ccccc1. The first-order valence-electron chi connectivity index (χ1n) is 7.45. The maximum Gasteiger partial charge on any atom is 0.254 e. The number of pyridine rings is 1. The highest BCUT2D eigenvalue weighted by Crippen LogP contribution is 2.16. The Morgan fingerprint density at radius 2 is 2.08 bits per heavy atom. The number of hydrogen-bond donors (Lipinski definition) is 2. The summed E-state index contributed by atoms with van der Waals surface area (Å²) in [7, 11) is 1.51. The lowest BCUT2D eigenvalue weighted by Crippen LogP contribution is -2.30. The van der Waals surface area contributed by atoms with E-state index in [9.17, 15) is 4.79 Å². The first-order valence-corrected chi connectivity index (χ1v) is 7.45. The minimum Gasteiger partial charge on any atom is -0.367 e. The van der Waals surface area contributed by atoms with Gasteiger partial charge >= 0.3 is 0 Å². The van der Waals surface area contributed by atoms with Crippen LogP contribution in [-0.2, 0) is 16.1 Å². The van der Waals surface area contributed by atoms with Crippen molar-refractivity contribution in [3.63, 3.8) is 0 Å². The number of methoxy groups -OCH3 is 1. The van der Waals surface area contributed by atoms with Gasteiger partial charge in [-0.15, -0.1) is 0 Å². The number of nitrogens with zero attached hydrogens (tertiary/aromatic N) is 3. The Hall–Kier alpha value is -3.06. The zero-order valence-corrected chi connectivity index (χ0v) is 13.1. The van der Waals surface area contributed by atoms with E-state index in [0.717, 1.165) is 11.1 Å². The van der Waals surface area contributed by atoms with Crippen molar-refractivity contribution in [3.8, 4) is 11.4 Å². The molecule has 1 amide bonds. The molecule has 2 heterocycles. The number of amides is 1. The number of carbonyl (C=O) groups is 1. The standard InChI is InChI=1S/C17H17N5O2/c1-24-15(12-6-3-2-4-7-12)17(23)19-11-14-20-16(22-21-14)13-8-5-9-18-10-13/h2-10,15H,11H2,1H3,(H,19,23)(H,20,21,22)/t15-/m1/s1. The number of carbonyl (C=O) groups excluding carboxylic acids is 1. The van der Waals surface area contributed by atoms with Crippen molar-refractivity contribution in [2.45, 2.75) is 12.6 Å². The van der Waals surface area contributed by atoms with Crippen LogP contribution in [0.25, 0.3) is 11.4 Å². The zero-order chi connectivity index (χ0) is 16.8. The average Bonchev–Trinajstić information content (AvgIpc) is 3.11. The number of ether oxygens (including phenoxy) is 1. The number of H-pyrrole nitrogens is 1. The molecule has 3 rings (SSSR count). The fraction of sp³-hybridized carbons (Fsp3) is 0.176. The summed E-state index contributed by atoms with van der Waals surface area (Å²) in [4.78, 5) is 20.7. The summed E-state index contributed by atoms with van der Waals surface area (Å²) in [6.07, 6.45) is 2.71. The predicted molar refractivity (Wildman–Crippen MR) is 87.7 cm³/mol. The van der Waals surface area contributed by atoms with Gasteiger partial charge in [-0.1, -0.05) is 30.3 Å².